The lowest BCUT2D eigenvalue weighted by Crippen LogP contribution is -2.14. The van der Waals surface area contributed by atoms with E-state index in [4.69, 9.17) is 0 Å². The average Bonchev–Trinajstić information content (AvgIpc) is 3.63. The van der Waals surface area contributed by atoms with Crippen LogP contribution in [0.4, 0.5) is 0 Å². The fourth-order valence-corrected chi connectivity index (χ4v) is 10.2. The summed E-state index contributed by atoms with van der Waals surface area (Å²) in [6, 6.07) is 71.8. The van der Waals surface area contributed by atoms with Crippen molar-refractivity contribution in [2.75, 3.05) is 0 Å². The minimum absolute atomic E-state index is 0.0585. The summed E-state index contributed by atoms with van der Waals surface area (Å²) in [5.74, 6) is 0. The highest BCUT2D eigenvalue weighted by atomic mass is 15.9. The largest absolute Gasteiger partial charge is 0.309 e. The van der Waals surface area contributed by atoms with E-state index < -0.39 is 0 Å². The third kappa shape index (κ3) is 4.90. The Balaban J connectivity index is 1.07. The molecule has 0 amide bonds. The molecule has 1 aliphatic carbocycles. The highest BCUT2D eigenvalue weighted by Gasteiger charge is 2.55. The smallest absolute Gasteiger partial charge is 0.141 e. The van der Waals surface area contributed by atoms with E-state index in [1.807, 2.05) is 0 Å². The summed E-state index contributed by atoms with van der Waals surface area (Å²) in [6.07, 6.45) is 2.65. The highest BCUT2D eigenvalue weighted by Crippen LogP contribution is 2.59. The van der Waals surface area contributed by atoms with E-state index in [-0.39, 0.29) is 17.6 Å². The third-order valence-electron chi connectivity index (χ3n) is 13.0. The molecular formula is C55H41N3. The number of hydrogen-bond donors (Lipinski definition) is 0. The molecule has 0 spiro atoms. The van der Waals surface area contributed by atoms with E-state index in [0.29, 0.717) is 0 Å². The van der Waals surface area contributed by atoms with Crippen molar-refractivity contribution in [3.63, 3.8) is 0 Å². The van der Waals surface area contributed by atoms with Crippen LogP contribution in [0.15, 0.2) is 200 Å². The van der Waals surface area contributed by atoms with E-state index in [9.17, 15) is 0 Å². The van der Waals surface area contributed by atoms with Crippen molar-refractivity contribution in [3.8, 4) is 39.1 Å². The summed E-state index contributed by atoms with van der Waals surface area (Å²) < 4.78 is 2.46. The fraction of sp³-hybridized carbons (Fsp3) is 0.0909. The van der Waals surface area contributed by atoms with Crippen LogP contribution < -0.4 is 0 Å². The maximum atomic E-state index is 2.52. The SMILES string of the molecule is CC1(C)c2ccccc2-c2c(-c3ccc4c(c3)c3cc(C5=CC(c6ccccc6)N6C(c7ccccc7)N56)ccc3n4-c3cccc(-c4ccccc4)c3)cccc21. The van der Waals surface area contributed by atoms with Gasteiger partial charge in [0.25, 0.3) is 0 Å². The molecule has 9 aromatic rings. The summed E-state index contributed by atoms with van der Waals surface area (Å²) in [7, 11) is 0. The second-order valence-corrected chi connectivity index (χ2v) is 16.5. The van der Waals surface area contributed by atoms with Crippen LogP contribution in [-0.4, -0.2) is 14.6 Å². The standard InChI is InChI=1S/C55H41N3/c1-55(2)47-26-13-12-24-44(47)53-43(25-15-27-48(53)55)40-28-30-49-45(33-40)46-34-41(29-31-50(46)56(49)42-23-14-22-39(32-42)36-16-6-3-7-17-36)52-35-51(37-18-8-4-9-19-37)57-54(58(52)57)38-20-10-5-11-21-38/h3-35,51,54H,1-2H3. The Morgan fingerprint density at radius 1 is 0.448 bits per heavy atom. The van der Waals surface area contributed by atoms with E-state index >= 15 is 0 Å². The Morgan fingerprint density at radius 2 is 1.03 bits per heavy atom. The molecule has 3 atom stereocenters. The van der Waals surface area contributed by atoms with Crippen molar-refractivity contribution < 1.29 is 0 Å². The molecule has 0 radical (unpaired) electrons. The van der Waals surface area contributed by atoms with Crippen LogP contribution in [0.5, 0.6) is 0 Å². The second-order valence-electron chi connectivity index (χ2n) is 16.5. The van der Waals surface area contributed by atoms with Crippen molar-refractivity contribution in [2.45, 2.75) is 31.5 Å². The Morgan fingerprint density at radius 3 is 1.79 bits per heavy atom. The molecule has 8 aromatic carbocycles. The lowest BCUT2D eigenvalue weighted by molar-refractivity contribution is 0.365. The molecule has 1 fully saturated rings. The van der Waals surface area contributed by atoms with Crippen molar-refractivity contribution in [3.05, 3.63) is 228 Å². The molecule has 3 aliphatic rings. The molecule has 1 aromatic heterocycles. The molecule has 0 bridgehead atoms. The number of aromatic nitrogens is 1. The summed E-state index contributed by atoms with van der Waals surface area (Å²) in [6.45, 7) is 4.73. The van der Waals surface area contributed by atoms with E-state index in [0.717, 1.165) is 5.69 Å². The van der Waals surface area contributed by atoms with Gasteiger partial charge in [-0.05, 0) is 104 Å². The minimum Gasteiger partial charge on any atom is -0.309 e. The monoisotopic (exact) mass is 743 g/mol. The number of benzene rings is 8. The highest BCUT2D eigenvalue weighted by molar-refractivity contribution is 6.12. The lowest BCUT2D eigenvalue weighted by atomic mass is 9.82. The predicted octanol–water partition coefficient (Wildman–Crippen LogP) is 13.8. The van der Waals surface area contributed by atoms with E-state index in [1.165, 1.54) is 88.7 Å². The van der Waals surface area contributed by atoms with Gasteiger partial charge in [-0.15, -0.1) is 0 Å². The second kappa shape index (κ2) is 12.5. The quantitative estimate of drug-likeness (QED) is 0.157. The lowest BCUT2D eigenvalue weighted by Gasteiger charge is -2.21. The van der Waals surface area contributed by atoms with Crippen molar-refractivity contribution in [1.29, 1.82) is 0 Å². The van der Waals surface area contributed by atoms with Gasteiger partial charge < -0.3 is 4.57 Å². The molecule has 0 N–H and O–H groups in total. The molecular weight excluding hydrogens is 703 g/mol. The van der Waals surface area contributed by atoms with Crippen LogP contribution in [0.1, 0.15) is 53.9 Å². The minimum atomic E-state index is -0.0585. The number of rotatable bonds is 6. The van der Waals surface area contributed by atoms with Crippen LogP contribution in [0.2, 0.25) is 0 Å². The number of nitrogens with zero attached hydrogens (tertiary/aromatic N) is 3. The Labute approximate surface area is 339 Å². The Hall–Kier alpha value is -6.94. The molecule has 58 heavy (non-hydrogen) atoms. The first kappa shape index (κ1) is 33.2. The summed E-state index contributed by atoms with van der Waals surface area (Å²) >= 11 is 0. The normalized spacial score (nSPS) is 18.6. The molecule has 3 unspecified atom stereocenters. The zero-order valence-corrected chi connectivity index (χ0v) is 32.5. The van der Waals surface area contributed by atoms with Crippen molar-refractivity contribution >= 4 is 27.5 Å². The van der Waals surface area contributed by atoms with Gasteiger partial charge in [-0.25, -0.2) is 0 Å². The van der Waals surface area contributed by atoms with Crippen molar-refractivity contribution in [2.24, 2.45) is 0 Å². The number of hydrogen-bond acceptors (Lipinski definition) is 2. The zero-order valence-electron chi connectivity index (χ0n) is 32.5. The summed E-state index contributed by atoms with van der Waals surface area (Å²) in [5, 5.41) is 7.52. The van der Waals surface area contributed by atoms with Gasteiger partial charge in [0, 0.05) is 21.9 Å². The first-order valence-electron chi connectivity index (χ1n) is 20.4. The maximum Gasteiger partial charge on any atom is 0.141 e. The number of fused-ring (bicyclic) bond motifs is 7. The van der Waals surface area contributed by atoms with Crippen molar-refractivity contribution in [1.82, 2.24) is 14.6 Å². The first-order chi connectivity index (χ1) is 28.5. The van der Waals surface area contributed by atoms with Crippen LogP contribution >= 0.6 is 0 Å². The van der Waals surface area contributed by atoms with Crippen LogP contribution in [0, 0.1) is 0 Å². The molecule has 1 saturated heterocycles. The zero-order chi connectivity index (χ0) is 38.5. The molecule has 3 nitrogen and oxygen atoms in total. The fourth-order valence-electron chi connectivity index (χ4n) is 10.2. The summed E-state index contributed by atoms with van der Waals surface area (Å²) in [4.78, 5) is 0. The Kier molecular flexibility index (Phi) is 7.18. The molecule has 3 heterocycles. The van der Waals surface area contributed by atoms with E-state index in [1.54, 1.807) is 0 Å². The molecule has 276 valence electrons. The Bertz CT molecular complexity index is 3100. The third-order valence-corrected chi connectivity index (χ3v) is 13.0. The molecule has 12 rings (SSSR count). The maximum absolute atomic E-state index is 2.52. The van der Waals surface area contributed by atoms with Gasteiger partial charge in [0.2, 0.25) is 0 Å². The van der Waals surface area contributed by atoms with Gasteiger partial charge in [0.1, 0.15) is 6.17 Å². The van der Waals surface area contributed by atoms with Gasteiger partial charge in [0.05, 0.1) is 22.8 Å². The van der Waals surface area contributed by atoms with E-state index in [2.05, 4.69) is 229 Å². The van der Waals surface area contributed by atoms with Gasteiger partial charge in [-0.1, -0.05) is 172 Å². The molecule has 2 aliphatic heterocycles. The summed E-state index contributed by atoms with van der Waals surface area (Å²) in [5.41, 5.74) is 19.1. The van der Waals surface area contributed by atoms with Crippen LogP contribution in [-0.2, 0) is 5.41 Å². The van der Waals surface area contributed by atoms with Gasteiger partial charge in [-0.2, -0.15) is 5.01 Å². The van der Waals surface area contributed by atoms with Crippen LogP contribution in [0.3, 0.4) is 0 Å². The molecule has 0 saturated carbocycles. The average molecular weight is 744 g/mol. The number of hydrazine groups is 1. The van der Waals surface area contributed by atoms with Gasteiger partial charge in [0.15, 0.2) is 0 Å². The van der Waals surface area contributed by atoms with Gasteiger partial charge >= 0.3 is 0 Å². The predicted molar refractivity (Wildman–Crippen MR) is 239 cm³/mol. The topological polar surface area (TPSA) is 10.9 Å². The first-order valence-corrected chi connectivity index (χ1v) is 20.4. The van der Waals surface area contributed by atoms with Gasteiger partial charge in [-0.3, -0.25) is 5.01 Å². The molecule has 3 heteroatoms. The van der Waals surface area contributed by atoms with Crippen LogP contribution in [0.25, 0.3) is 66.6 Å².